The van der Waals surface area contributed by atoms with Crippen molar-refractivity contribution in [3.05, 3.63) is 24.3 Å². The van der Waals surface area contributed by atoms with Gasteiger partial charge in [-0.25, -0.2) is 4.68 Å². The van der Waals surface area contributed by atoms with Gasteiger partial charge in [0.25, 0.3) is 0 Å². The van der Waals surface area contributed by atoms with Crippen LogP contribution < -0.4 is 0 Å². The summed E-state index contributed by atoms with van der Waals surface area (Å²) in [6, 6.07) is 7.78. The van der Waals surface area contributed by atoms with Gasteiger partial charge >= 0.3 is 5.97 Å². The van der Waals surface area contributed by atoms with E-state index in [1.165, 1.54) is 77.0 Å². The maximum absolute atomic E-state index is 11.9. The van der Waals surface area contributed by atoms with Crippen molar-refractivity contribution in [2.75, 3.05) is 6.61 Å². The van der Waals surface area contributed by atoms with Crippen LogP contribution in [-0.2, 0) is 16.1 Å². The predicted molar refractivity (Wildman–Crippen MR) is 123 cm³/mol. The molecule has 0 spiro atoms. The van der Waals surface area contributed by atoms with E-state index in [4.69, 9.17) is 4.74 Å². The number of benzene rings is 1. The number of esters is 1. The number of rotatable bonds is 18. The summed E-state index contributed by atoms with van der Waals surface area (Å²) >= 11 is 0. The van der Waals surface area contributed by atoms with Crippen molar-refractivity contribution < 1.29 is 9.53 Å². The Bertz CT molecular complexity index is 699. The number of hydrogen-bond donors (Lipinski definition) is 0. The Morgan fingerprint density at radius 3 is 2.03 bits per heavy atom. The van der Waals surface area contributed by atoms with Crippen molar-refractivity contribution in [2.45, 2.75) is 110 Å². The van der Waals surface area contributed by atoms with Crippen LogP contribution >= 0.6 is 0 Å². The number of aryl methyl sites for hydroxylation is 1. The Morgan fingerprint density at radius 2 is 1.40 bits per heavy atom. The molecule has 0 aliphatic heterocycles. The third-order valence-electron chi connectivity index (χ3n) is 5.71. The second-order valence-electron chi connectivity index (χ2n) is 8.37. The Labute approximate surface area is 182 Å². The van der Waals surface area contributed by atoms with Crippen LogP contribution in [0, 0.1) is 0 Å². The summed E-state index contributed by atoms with van der Waals surface area (Å²) in [5, 5.41) is 8.21. The molecule has 0 fully saturated rings. The van der Waals surface area contributed by atoms with E-state index in [0.717, 1.165) is 23.9 Å². The second kappa shape index (κ2) is 15.9. The average Bonchev–Trinajstić information content (AvgIpc) is 3.18. The van der Waals surface area contributed by atoms with E-state index in [9.17, 15) is 4.79 Å². The molecule has 1 heterocycles. The minimum Gasteiger partial charge on any atom is -0.466 e. The highest BCUT2D eigenvalue weighted by molar-refractivity contribution is 5.74. The van der Waals surface area contributed by atoms with Gasteiger partial charge in [-0.15, -0.1) is 5.10 Å². The van der Waals surface area contributed by atoms with Crippen molar-refractivity contribution in [3.8, 4) is 0 Å². The molecular weight excluding hydrogens is 374 g/mol. The number of aromatic nitrogens is 3. The first-order valence-corrected chi connectivity index (χ1v) is 12.2. The molecule has 0 unspecified atom stereocenters. The molecule has 5 nitrogen and oxygen atoms in total. The fraction of sp³-hybridized carbons (Fsp3) is 0.720. The van der Waals surface area contributed by atoms with E-state index >= 15 is 0 Å². The fourth-order valence-electron chi connectivity index (χ4n) is 3.83. The Morgan fingerprint density at radius 1 is 0.833 bits per heavy atom. The Balaban J connectivity index is 1.35. The minimum atomic E-state index is -0.149. The van der Waals surface area contributed by atoms with Crippen LogP contribution in [0.15, 0.2) is 24.3 Å². The van der Waals surface area contributed by atoms with Crippen molar-refractivity contribution in [3.63, 3.8) is 0 Å². The predicted octanol–water partition coefficient (Wildman–Crippen LogP) is 6.85. The number of para-hydroxylation sites is 1. The number of ether oxygens (including phenoxy) is 1. The fourth-order valence-corrected chi connectivity index (χ4v) is 3.83. The van der Waals surface area contributed by atoms with E-state index in [0.29, 0.717) is 19.6 Å². The quantitative estimate of drug-likeness (QED) is 0.197. The first-order valence-electron chi connectivity index (χ1n) is 12.2. The summed E-state index contributed by atoms with van der Waals surface area (Å²) in [5.41, 5.74) is 1.81. The number of carbonyl (C=O) groups excluding carboxylic acids is 1. The Hall–Kier alpha value is -1.91. The van der Waals surface area contributed by atoms with Gasteiger partial charge in [0, 0.05) is 0 Å². The number of carbonyl (C=O) groups is 1. The molecule has 0 amide bonds. The monoisotopic (exact) mass is 415 g/mol. The molecule has 0 saturated heterocycles. The SMILES string of the molecule is CCCCCCCCCCCCCCCCOC(=O)CCn1nnc2ccccc21. The first kappa shape index (κ1) is 24.4. The molecule has 0 N–H and O–H groups in total. The highest BCUT2D eigenvalue weighted by Crippen LogP contribution is 2.13. The van der Waals surface area contributed by atoms with Gasteiger partial charge < -0.3 is 4.74 Å². The van der Waals surface area contributed by atoms with Crippen LogP contribution in [-0.4, -0.2) is 27.6 Å². The summed E-state index contributed by atoms with van der Waals surface area (Å²) in [4.78, 5) is 11.9. The van der Waals surface area contributed by atoms with Crippen LogP contribution in [0.4, 0.5) is 0 Å². The van der Waals surface area contributed by atoms with Gasteiger partial charge in [0.2, 0.25) is 0 Å². The lowest BCUT2D eigenvalue weighted by Gasteiger charge is -2.06. The number of hydrogen-bond acceptors (Lipinski definition) is 4. The lowest BCUT2D eigenvalue weighted by atomic mass is 10.0. The minimum absolute atomic E-state index is 0.149. The van der Waals surface area contributed by atoms with Gasteiger partial charge in [-0.05, 0) is 18.6 Å². The van der Waals surface area contributed by atoms with Crippen LogP contribution in [0.3, 0.4) is 0 Å². The molecule has 1 aromatic carbocycles. The molecule has 2 aromatic rings. The normalized spacial score (nSPS) is 11.2. The van der Waals surface area contributed by atoms with Crippen molar-refractivity contribution in [1.82, 2.24) is 15.0 Å². The smallest absolute Gasteiger partial charge is 0.307 e. The van der Waals surface area contributed by atoms with Gasteiger partial charge in [-0.1, -0.05) is 108 Å². The van der Waals surface area contributed by atoms with Crippen LogP contribution in [0.2, 0.25) is 0 Å². The maximum Gasteiger partial charge on any atom is 0.307 e. The zero-order chi connectivity index (χ0) is 21.3. The molecule has 5 heteroatoms. The Kier molecular flexibility index (Phi) is 12.9. The van der Waals surface area contributed by atoms with Gasteiger partial charge in [0.05, 0.1) is 25.1 Å². The number of fused-ring (bicyclic) bond motifs is 1. The van der Waals surface area contributed by atoms with Gasteiger partial charge in [0.15, 0.2) is 0 Å². The van der Waals surface area contributed by atoms with Gasteiger partial charge in [0.1, 0.15) is 5.52 Å². The first-order chi connectivity index (χ1) is 14.8. The lowest BCUT2D eigenvalue weighted by Crippen LogP contribution is -2.11. The highest BCUT2D eigenvalue weighted by atomic mass is 16.5. The molecule has 0 bridgehead atoms. The van der Waals surface area contributed by atoms with E-state index < -0.39 is 0 Å². The topological polar surface area (TPSA) is 57.0 Å². The van der Waals surface area contributed by atoms with Crippen LogP contribution in [0.1, 0.15) is 103 Å². The molecule has 1 aromatic heterocycles. The molecule has 2 rings (SSSR count). The third kappa shape index (κ3) is 10.2. The molecular formula is C25H41N3O2. The zero-order valence-corrected chi connectivity index (χ0v) is 19.0. The molecule has 168 valence electrons. The third-order valence-corrected chi connectivity index (χ3v) is 5.71. The number of unbranched alkanes of at least 4 members (excludes halogenated alkanes) is 13. The van der Waals surface area contributed by atoms with E-state index in [-0.39, 0.29) is 5.97 Å². The van der Waals surface area contributed by atoms with Crippen molar-refractivity contribution in [2.24, 2.45) is 0 Å². The standard InChI is InChI=1S/C25H41N3O2/c1-2-3-4-5-6-7-8-9-10-11-12-13-14-17-22-30-25(29)20-21-28-24-19-16-15-18-23(24)26-27-28/h15-16,18-19H,2-14,17,20-22H2,1H3. The summed E-state index contributed by atoms with van der Waals surface area (Å²) in [6.45, 7) is 3.32. The second-order valence-corrected chi connectivity index (χ2v) is 8.37. The molecule has 0 aliphatic carbocycles. The van der Waals surface area contributed by atoms with Crippen LogP contribution in [0.25, 0.3) is 11.0 Å². The largest absolute Gasteiger partial charge is 0.466 e. The summed E-state index contributed by atoms with van der Waals surface area (Å²) in [5.74, 6) is -0.149. The molecule has 30 heavy (non-hydrogen) atoms. The molecule has 0 saturated carbocycles. The summed E-state index contributed by atoms with van der Waals surface area (Å²) in [7, 11) is 0. The maximum atomic E-state index is 11.9. The zero-order valence-electron chi connectivity index (χ0n) is 19.0. The molecule has 0 atom stereocenters. The van der Waals surface area contributed by atoms with E-state index in [1.807, 2.05) is 24.3 Å². The summed E-state index contributed by atoms with van der Waals surface area (Å²) in [6.07, 6.45) is 19.0. The molecule has 0 aliphatic rings. The van der Waals surface area contributed by atoms with Crippen molar-refractivity contribution >= 4 is 17.0 Å². The van der Waals surface area contributed by atoms with Gasteiger partial charge in [-0.3, -0.25) is 4.79 Å². The highest BCUT2D eigenvalue weighted by Gasteiger charge is 2.07. The lowest BCUT2D eigenvalue weighted by molar-refractivity contribution is -0.144. The van der Waals surface area contributed by atoms with Crippen molar-refractivity contribution in [1.29, 1.82) is 0 Å². The molecule has 0 radical (unpaired) electrons. The van der Waals surface area contributed by atoms with E-state index in [1.54, 1.807) is 4.68 Å². The van der Waals surface area contributed by atoms with Gasteiger partial charge in [-0.2, -0.15) is 0 Å². The van der Waals surface area contributed by atoms with E-state index in [2.05, 4.69) is 17.2 Å². The summed E-state index contributed by atoms with van der Waals surface area (Å²) < 4.78 is 7.13. The average molecular weight is 416 g/mol. The number of nitrogens with zero attached hydrogens (tertiary/aromatic N) is 3. The van der Waals surface area contributed by atoms with Crippen LogP contribution in [0.5, 0.6) is 0 Å².